The quantitative estimate of drug-likeness (QED) is 0.814. The molecule has 0 bridgehead atoms. The molecule has 0 amide bonds. The van der Waals surface area contributed by atoms with Gasteiger partial charge in [-0.1, -0.05) is 34.8 Å². The number of nitrogens with two attached hydrogens (primary N) is 1. The van der Waals surface area contributed by atoms with E-state index < -0.39 is 0 Å². The van der Waals surface area contributed by atoms with Crippen LogP contribution in [0.1, 0.15) is 5.56 Å². The van der Waals surface area contributed by atoms with Crippen LogP contribution in [0.3, 0.4) is 0 Å². The molecule has 0 aromatic heterocycles. The van der Waals surface area contributed by atoms with Crippen LogP contribution in [-0.2, 0) is 6.42 Å². The second kappa shape index (κ2) is 5.19. The van der Waals surface area contributed by atoms with Gasteiger partial charge in [-0.3, -0.25) is 0 Å². The minimum atomic E-state index is -0.372. The second-order valence-electron chi connectivity index (χ2n) is 2.97. The fourth-order valence-electron chi connectivity index (χ4n) is 1.08. The van der Waals surface area contributed by atoms with Gasteiger partial charge in [0.15, 0.2) is 0 Å². The zero-order valence-corrected chi connectivity index (χ0v) is 9.57. The van der Waals surface area contributed by atoms with Crippen molar-refractivity contribution in [3.8, 4) is 0 Å². The van der Waals surface area contributed by atoms with Crippen molar-refractivity contribution < 1.29 is 5.11 Å². The van der Waals surface area contributed by atoms with Crippen LogP contribution in [-0.4, -0.2) is 17.8 Å². The van der Waals surface area contributed by atoms with Crippen molar-refractivity contribution in [1.29, 1.82) is 0 Å². The SMILES string of the molecule is NC(CO)Cc1c(Cl)ccc(Cl)c1Cl. The van der Waals surface area contributed by atoms with Crippen molar-refractivity contribution in [2.24, 2.45) is 5.73 Å². The molecule has 0 aliphatic rings. The Balaban J connectivity index is 3.00. The van der Waals surface area contributed by atoms with Crippen molar-refractivity contribution in [3.63, 3.8) is 0 Å². The molecule has 5 heteroatoms. The molecule has 1 aromatic rings. The van der Waals surface area contributed by atoms with Crippen LogP contribution < -0.4 is 5.73 Å². The number of benzene rings is 1. The Hall–Kier alpha value is 0.01000. The van der Waals surface area contributed by atoms with E-state index in [-0.39, 0.29) is 12.6 Å². The van der Waals surface area contributed by atoms with Gasteiger partial charge in [-0.15, -0.1) is 0 Å². The lowest BCUT2D eigenvalue weighted by atomic mass is 10.1. The molecule has 1 unspecified atom stereocenters. The Morgan fingerprint density at radius 3 is 2.36 bits per heavy atom. The summed E-state index contributed by atoms with van der Waals surface area (Å²) < 4.78 is 0. The highest BCUT2D eigenvalue weighted by atomic mass is 35.5. The highest BCUT2D eigenvalue weighted by Crippen LogP contribution is 2.31. The first kappa shape index (κ1) is 12.1. The Morgan fingerprint density at radius 2 is 1.79 bits per heavy atom. The summed E-state index contributed by atoms with van der Waals surface area (Å²) >= 11 is 17.7. The molecule has 1 aromatic carbocycles. The Labute approximate surface area is 97.6 Å². The van der Waals surface area contributed by atoms with Crippen LogP contribution in [0.15, 0.2) is 12.1 Å². The minimum absolute atomic E-state index is 0.112. The zero-order valence-electron chi connectivity index (χ0n) is 7.30. The Morgan fingerprint density at radius 1 is 1.21 bits per heavy atom. The highest BCUT2D eigenvalue weighted by molar-refractivity contribution is 6.44. The molecule has 0 saturated heterocycles. The van der Waals surface area contributed by atoms with Crippen LogP contribution in [0.25, 0.3) is 0 Å². The number of hydrogen-bond donors (Lipinski definition) is 2. The van der Waals surface area contributed by atoms with Crippen molar-refractivity contribution in [1.82, 2.24) is 0 Å². The summed E-state index contributed by atoms with van der Waals surface area (Å²) in [6, 6.07) is 2.92. The molecule has 1 atom stereocenters. The minimum Gasteiger partial charge on any atom is -0.395 e. The van der Waals surface area contributed by atoms with Gasteiger partial charge in [0.2, 0.25) is 0 Å². The number of aliphatic hydroxyl groups excluding tert-OH is 1. The zero-order chi connectivity index (χ0) is 10.7. The average molecular weight is 255 g/mol. The van der Waals surface area contributed by atoms with Gasteiger partial charge in [-0.2, -0.15) is 0 Å². The van der Waals surface area contributed by atoms with E-state index in [9.17, 15) is 0 Å². The maximum Gasteiger partial charge on any atom is 0.0639 e. The van der Waals surface area contributed by atoms with Gasteiger partial charge in [0.25, 0.3) is 0 Å². The van der Waals surface area contributed by atoms with Gasteiger partial charge in [-0.05, 0) is 24.1 Å². The third-order valence-corrected chi connectivity index (χ3v) is 3.04. The molecular weight excluding hydrogens is 244 g/mol. The topological polar surface area (TPSA) is 46.2 Å². The summed E-state index contributed by atoms with van der Waals surface area (Å²) in [7, 11) is 0. The summed E-state index contributed by atoms with van der Waals surface area (Å²) in [5.41, 5.74) is 6.27. The van der Waals surface area contributed by atoms with Crippen LogP contribution in [0.2, 0.25) is 15.1 Å². The Bertz CT molecular complexity index is 330. The standard InChI is InChI=1S/C9H10Cl3NO/c10-7-1-2-8(11)9(12)6(7)3-5(13)4-14/h1-2,5,14H,3-4,13H2. The molecule has 0 spiro atoms. The summed E-state index contributed by atoms with van der Waals surface area (Å²) in [6.45, 7) is -0.112. The first-order valence-electron chi connectivity index (χ1n) is 4.05. The van der Waals surface area contributed by atoms with Gasteiger partial charge >= 0.3 is 0 Å². The summed E-state index contributed by atoms with van der Waals surface area (Å²) in [5, 5.41) is 10.2. The molecule has 78 valence electrons. The highest BCUT2D eigenvalue weighted by Gasteiger charge is 2.12. The fourth-order valence-corrected chi connectivity index (χ4v) is 1.78. The predicted octanol–water partition coefficient (Wildman–Crippen LogP) is 2.51. The van der Waals surface area contributed by atoms with Crippen molar-refractivity contribution in [2.75, 3.05) is 6.61 Å². The second-order valence-corrected chi connectivity index (χ2v) is 4.16. The van der Waals surface area contributed by atoms with Crippen molar-refractivity contribution >= 4 is 34.8 Å². The first-order chi connectivity index (χ1) is 6.56. The Kier molecular flexibility index (Phi) is 4.48. The van der Waals surface area contributed by atoms with E-state index >= 15 is 0 Å². The lowest BCUT2D eigenvalue weighted by molar-refractivity contribution is 0.265. The third kappa shape index (κ3) is 2.75. The summed E-state index contributed by atoms with van der Waals surface area (Å²) in [4.78, 5) is 0. The first-order valence-corrected chi connectivity index (χ1v) is 5.18. The molecule has 2 nitrogen and oxygen atoms in total. The largest absolute Gasteiger partial charge is 0.395 e. The van der Waals surface area contributed by atoms with Gasteiger partial charge in [0, 0.05) is 11.1 Å². The number of aliphatic hydroxyl groups is 1. The predicted molar refractivity (Wildman–Crippen MR) is 60.2 cm³/mol. The fraction of sp³-hybridized carbons (Fsp3) is 0.333. The molecule has 0 aliphatic carbocycles. The molecule has 0 heterocycles. The van der Waals surface area contributed by atoms with Gasteiger partial charge < -0.3 is 10.8 Å². The van der Waals surface area contributed by atoms with Crippen LogP contribution in [0, 0.1) is 0 Å². The van der Waals surface area contributed by atoms with E-state index in [0.717, 1.165) is 0 Å². The van der Waals surface area contributed by atoms with Gasteiger partial charge in [0.1, 0.15) is 0 Å². The van der Waals surface area contributed by atoms with E-state index in [2.05, 4.69) is 0 Å². The van der Waals surface area contributed by atoms with E-state index in [4.69, 9.17) is 45.6 Å². The lowest BCUT2D eigenvalue weighted by Gasteiger charge is -2.12. The molecular formula is C9H10Cl3NO. The van der Waals surface area contributed by atoms with Crippen LogP contribution in [0.4, 0.5) is 0 Å². The van der Waals surface area contributed by atoms with Crippen LogP contribution in [0.5, 0.6) is 0 Å². The maximum absolute atomic E-state index is 8.80. The normalized spacial score (nSPS) is 12.9. The lowest BCUT2D eigenvalue weighted by Crippen LogP contribution is -2.27. The van der Waals surface area contributed by atoms with Crippen molar-refractivity contribution in [3.05, 3.63) is 32.8 Å². The number of rotatable bonds is 3. The molecule has 0 saturated carbocycles. The van der Waals surface area contributed by atoms with Crippen molar-refractivity contribution in [2.45, 2.75) is 12.5 Å². The number of halogens is 3. The molecule has 3 N–H and O–H groups in total. The molecule has 0 fully saturated rings. The molecule has 1 rings (SSSR count). The molecule has 0 aliphatic heterocycles. The number of hydrogen-bond acceptors (Lipinski definition) is 2. The van der Waals surface area contributed by atoms with Gasteiger partial charge in [-0.25, -0.2) is 0 Å². The van der Waals surface area contributed by atoms with E-state index in [1.165, 1.54) is 0 Å². The third-order valence-electron chi connectivity index (χ3n) is 1.84. The smallest absolute Gasteiger partial charge is 0.0639 e. The van der Waals surface area contributed by atoms with E-state index in [0.29, 0.717) is 27.1 Å². The van der Waals surface area contributed by atoms with E-state index in [1.54, 1.807) is 12.1 Å². The van der Waals surface area contributed by atoms with Gasteiger partial charge in [0.05, 0.1) is 16.7 Å². The molecule has 0 radical (unpaired) electrons. The van der Waals surface area contributed by atoms with Crippen LogP contribution >= 0.6 is 34.8 Å². The monoisotopic (exact) mass is 253 g/mol. The summed E-state index contributed by atoms with van der Waals surface area (Å²) in [6.07, 6.45) is 0.411. The maximum atomic E-state index is 8.80. The van der Waals surface area contributed by atoms with E-state index in [1.807, 2.05) is 0 Å². The average Bonchev–Trinajstić information content (AvgIpc) is 2.18. The molecule has 14 heavy (non-hydrogen) atoms. The summed E-state index contributed by atoms with van der Waals surface area (Å²) in [5.74, 6) is 0.